The highest BCUT2D eigenvalue weighted by atomic mass is 35.5. The van der Waals surface area contributed by atoms with E-state index in [4.69, 9.17) is 10.5 Å². The van der Waals surface area contributed by atoms with Crippen molar-refractivity contribution in [1.29, 1.82) is 0 Å². The standard InChI is InChI=1S/C12H19FN2O.ClH/c1-9(7-14)15(2)8-10-4-5-12(16-3)11(13)6-10;/h4-6,9H,7-8,14H2,1-3H3;1H. The lowest BCUT2D eigenvalue weighted by atomic mass is 10.2. The Balaban J connectivity index is 0.00000256. The van der Waals surface area contributed by atoms with E-state index < -0.39 is 0 Å². The number of ether oxygens (including phenoxy) is 1. The van der Waals surface area contributed by atoms with Crippen LogP contribution in [0.1, 0.15) is 12.5 Å². The second kappa shape index (κ2) is 7.48. The molecule has 98 valence electrons. The maximum Gasteiger partial charge on any atom is 0.165 e. The summed E-state index contributed by atoms with van der Waals surface area (Å²) in [7, 11) is 3.43. The first kappa shape index (κ1) is 16.2. The van der Waals surface area contributed by atoms with E-state index in [2.05, 4.69) is 4.90 Å². The molecule has 0 aliphatic carbocycles. The van der Waals surface area contributed by atoms with Gasteiger partial charge in [-0.15, -0.1) is 12.4 Å². The van der Waals surface area contributed by atoms with Gasteiger partial charge in [0.2, 0.25) is 0 Å². The second-order valence-electron chi connectivity index (χ2n) is 3.97. The van der Waals surface area contributed by atoms with E-state index in [-0.39, 0.29) is 30.0 Å². The van der Waals surface area contributed by atoms with E-state index in [0.29, 0.717) is 13.1 Å². The normalized spacial score (nSPS) is 12.1. The van der Waals surface area contributed by atoms with Crippen LogP contribution < -0.4 is 10.5 Å². The molecule has 1 aromatic rings. The highest BCUT2D eigenvalue weighted by molar-refractivity contribution is 5.85. The molecule has 0 radical (unpaired) electrons. The maximum atomic E-state index is 13.4. The van der Waals surface area contributed by atoms with Gasteiger partial charge >= 0.3 is 0 Å². The molecule has 0 aliphatic heterocycles. The fourth-order valence-corrected chi connectivity index (χ4v) is 1.43. The van der Waals surface area contributed by atoms with Crippen LogP contribution in [0.2, 0.25) is 0 Å². The SMILES string of the molecule is COc1ccc(CN(C)C(C)CN)cc1F.Cl. The Morgan fingerprint density at radius 2 is 2.12 bits per heavy atom. The van der Waals surface area contributed by atoms with Crippen LogP contribution in [-0.4, -0.2) is 31.6 Å². The fourth-order valence-electron chi connectivity index (χ4n) is 1.43. The third-order valence-corrected chi connectivity index (χ3v) is 2.74. The maximum absolute atomic E-state index is 13.4. The van der Waals surface area contributed by atoms with E-state index in [1.807, 2.05) is 20.0 Å². The number of halogens is 2. The molecule has 2 N–H and O–H groups in total. The summed E-state index contributed by atoms with van der Waals surface area (Å²) in [6.45, 7) is 3.31. The largest absolute Gasteiger partial charge is 0.494 e. The van der Waals surface area contributed by atoms with Crippen molar-refractivity contribution in [2.45, 2.75) is 19.5 Å². The van der Waals surface area contributed by atoms with Crippen LogP contribution >= 0.6 is 12.4 Å². The first-order valence-corrected chi connectivity index (χ1v) is 5.31. The van der Waals surface area contributed by atoms with Crippen molar-refractivity contribution in [2.75, 3.05) is 20.7 Å². The van der Waals surface area contributed by atoms with E-state index in [1.165, 1.54) is 13.2 Å². The third kappa shape index (κ3) is 4.50. The molecule has 0 saturated heterocycles. The number of methoxy groups -OCH3 is 1. The minimum absolute atomic E-state index is 0. The highest BCUT2D eigenvalue weighted by Crippen LogP contribution is 2.18. The zero-order chi connectivity index (χ0) is 12.1. The number of likely N-dealkylation sites (N-methyl/N-ethyl adjacent to an activating group) is 1. The molecular weight excluding hydrogens is 243 g/mol. The first-order chi connectivity index (χ1) is 7.58. The Morgan fingerprint density at radius 3 is 2.59 bits per heavy atom. The summed E-state index contributed by atoms with van der Waals surface area (Å²) in [4.78, 5) is 2.08. The van der Waals surface area contributed by atoms with Crippen LogP contribution in [0.3, 0.4) is 0 Å². The molecular formula is C12H20ClFN2O. The summed E-state index contributed by atoms with van der Waals surface area (Å²) in [5.41, 5.74) is 6.48. The third-order valence-electron chi connectivity index (χ3n) is 2.74. The van der Waals surface area contributed by atoms with Crippen LogP contribution in [-0.2, 0) is 6.54 Å². The molecule has 0 amide bonds. The average Bonchev–Trinajstić information content (AvgIpc) is 2.28. The number of nitrogens with two attached hydrogens (primary N) is 1. The Hall–Kier alpha value is -0.840. The molecule has 0 saturated carbocycles. The Kier molecular flexibility index (Phi) is 7.11. The van der Waals surface area contributed by atoms with Crippen LogP contribution in [0.5, 0.6) is 5.75 Å². The van der Waals surface area contributed by atoms with Gasteiger partial charge in [-0.1, -0.05) is 6.07 Å². The molecule has 3 nitrogen and oxygen atoms in total. The van der Waals surface area contributed by atoms with Gasteiger partial charge in [-0.05, 0) is 31.7 Å². The number of hydrogen-bond donors (Lipinski definition) is 1. The van der Waals surface area contributed by atoms with Gasteiger partial charge in [0.1, 0.15) is 0 Å². The smallest absolute Gasteiger partial charge is 0.165 e. The topological polar surface area (TPSA) is 38.5 Å². The predicted octanol–water partition coefficient (Wildman–Crippen LogP) is 2.04. The lowest BCUT2D eigenvalue weighted by Gasteiger charge is -2.23. The van der Waals surface area contributed by atoms with Crippen LogP contribution in [0.4, 0.5) is 4.39 Å². The molecule has 1 aromatic carbocycles. The lowest BCUT2D eigenvalue weighted by Crippen LogP contribution is -2.34. The van der Waals surface area contributed by atoms with E-state index in [9.17, 15) is 4.39 Å². The predicted molar refractivity (Wildman–Crippen MR) is 70.2 cm³/mol. The summed E-state index contributed by atoms with van der Waals surface area (Å²) in [6.07, 6.45) is 0. The molecule has 5 heteroatoms. The summed E-state index contributed by atoms with van der Waals surface area (Å²) < 4.78 is 18.3. The zero-order valence-corrected chi connectivity index (χ0v) is 11.3. The molecule has 1 rings (SSSR count). The van der Waals surface area contributed by atoms with E-state index >= 15 is 0 Å². The lowest BCUT2D eigenvalue weighted by molar-refractivity contribution is 0.254. The van der Waals surface area contributed by atoms with Crippen molar-refractivity contribution < 1.29 is 9.13 Å². The van der Waals surface area contributed by atoms with E-state index in [1.54, 1.807) is 6.07 Å². The molecule has 17 heavy (non-hydrogen) atoms. The van der Waals surface area contributed by atoms with Crippen LogP contribution in [0.15, 0.2) is 18.2 Å². The first-order valence-electron chi connectivity index (χ1n) is 5.31. The zero-order valence-electron chi connectivity index (χ0n) is 10.4. The summed E-state index contributed by atoms with van der Waals surface area (Å²) in [6, 6.07) is 5.29. The Morgan fingerprint density at radius 1 is 1.47 bits per heavy atom. The van der Waals surface area contributed by atoms with Crippen LogP contribution in [0, 0.1) is 5.82 Å². The Bertz CT molecular complexity index is 349. The van der Waals surface area contributed by atoms with Gasteiger partial charge in [0.05, 0.1) is 7.11 Å². The van der Waals surface area contributed by atoms with Gasteiger partial charge in [-0.25, -0.2) is 4.39 Å². The van der Waals surface area contributed by atoms with Crippen molar-refractivity contribution in [3.63, 3.8) is 0 Å². The van der Waals surface area contributed by atoms with Crippen LogP contribution in [0.25, 0.3) is 0 Å². The van der Waals surface area contributed by atoms with Crippen molar-refractivity contribution in [1.82, 2.24) is 4.90 Å². The summed E-state index contributed by atoms with van der Waals surface area (Å²) >= 11 is 0. The minimum atomic E-state index is -0.325. The summed E-state index contributed by atoms with van der Waals surface area (Å²) in [5, 5.41) is 0. The Labute approximate surface area is 108 Å². The monoisotopic (exact) mass is 262 g/mol. The van der Waals surface area contributed by atoms with Gasteiger partial charge in [0.15, 0.2) is 11.6 Å². The van der Waals surface area contributed by atoms with E-state index in [0.717, 1.165) is 5.56 Å². The molecule has 0 spiro atoms. The molecule has 0 aromatic heterocycles. The van der Waals surface area contributed by atoms with Gasteiger partial charge in [-0.3, -0.25) is 4.90 Å². The highest BCUT2D eigenvalue weighted by Gasteiger charge is 2.09. The van der Waals surface area contributed by atoms with Crippen molar-refractivity contribution in [3.8, 4) is 5.75 Å². The molecule has 1 unspecified atom stereocenters. The number of benzene rings is 1. The second-order valence-corrected chi connectivity index (χ2v) is 3.97. The molecule has 0 heterocycles. The average molecular weight is 263 g/mol. The van der Waals surface area contributed by atoms with Crippen molar-refractivity contribution in [3.05, 3.63) is 29.6 Å². The van der Waals surface area contributed by atoms with Gasteiger partial charge in [-0.2, -0.15) is 0 Å². The molecule has 0 fully saturated rings. The number of rotatable bonds is 5. The molecule has 0 aliphatic rings. The van der Waals surface area contributed by atoms with Gasteiger partial charge in [0.25, 0.3) is 0 Å². The minimum Gasteiger partial charge on any atom is -0.494 e. The molecule has 0 bridgehead atoms. The van der Waals surface area contributed by atoms with Crippen molar-refractivity contribution in [2.24, 2.45) is 5.73 Å². The summed E-state index contributed by atoms with van der Waals surface area (Å²) in [5.74, 6) is -0.0490. The fraction of sp³-hybridized carbons (Fsp3) is 0.500. The number of nitrogens with zero attached hydrogens (tertiary/aromatic N) is 1. The van der Waals surface area contributed by atoms with Gasteiger partial charge < -0.3 is 10.5 Å². The quantitative estimate of drug-likeness (QED) is 0.883. The van der Waals surface area contributed by atoms with Crippen molar-refractivity contribution >= 4 is 12.4 Å². The van der Waals surface area contributed by atoms with Gasteiger partial charge in [0, 0.05) is 19.1 Å². The molecule has 1 atom stereocenters. The number of hydrogen-bond acceptors (Lipinski definition) is 3.